The molecule has 5 unspecified atom stereocenters. The van der Waals surface area contributed by atoms with E-state index in [2.05, 4.69) is 6.92 Å². The van der Waals surface area contributed by atoms with Gasteiger partial charge >= 0.3 is 0 Å². The van der Waals surface area contributed by atoms with E-state index in [9.17, 15) is 15.3 Å². The Balaban J connectivity index is 2.50. The molecule has 5 nitrogen and oxygen atoms in total. The summed E-state index contributed by atoms with van der Waals surface area (Å²) in [6.07, 6.45) is -2.38. The Bertz CT molecular complexity index is 202. The largest absolute Gasteiger partial charge is 0.394 e. The summed E-state index contributed by atoms with van der Waals surface area (Å²) >= 11 is 1.40. The average Bonchev–Trinajstić information content (AvgIpc) is 2.29. The Kier molecular flexibility index (Phi) is 6.02. The standard InChI is InChI=1S/C10H20O5S/c1-2-3-4-16-10-9(14)8(13)7(12)6(5-11)15-10/h6-14H,2-5H2,1H3. The van der Waals surface area contributed by atoms with Crippen LogP contribution in [0.1, 0.15) is 19.8 Å². The highest BCUT2D eigenvalue weighted by Crippen LogP contribution is 2.28. The normalized spacial score (nSPS) is 39.9. The highest BCUT2D eigenvalue weighted by molar-refractivity contribution is 7.99. The van der Waals surface area contributed by atoms with E-state index in [1.54, 1.807) is 0 Å². The average molecular weight is 252 g/mol. The van der Waals surface area contributed by atoms with Crippen LogP contribution in [0, 0.1) is 0 Å². The van der Waals surface area contributed by atoms with Crippen molar-refractivity contribution in [2.45, 2.75) is 49.6 Å². The smallest absolute Gasteiger partial charge is 0.132 e. The van der Waals surface area contributed by atoms with Crippen molar-refractivity contribution < 1.29 is 25.2 Å². The number of unbranched alkanes of at least 4 members (excludes halogenated alkanes) is 1. The first-order valence-electron chi connectivity index (χ1n) is 5.54. The first kappa shape index (κ1) is 14.2. The molecular formula is C10H20O5S. The van der Waals surface area contributed by atoms with Crippen LogP contribution in [0.5, 0.6) is 0 Å². The molecule has 0 spiro atoms. The van der Waals surface area contributed by atoms with Crippen molar-refractivity contribution in [3.8, 4) is 0 Å². The van der Waals surface area contributed by atoms with E-state index in [0.29, 0.717) is 0 Å². The summed E-state index contributed by atoms with van der Waals surface area (Å²) in [5, 5.41) is 37.7. The number of ether oxygens (including phenoxy) is 1. The summed E-state index contributed by atoms with van der Waals surface area (Å²) in [6, 6.07) is 0. The highest BCUT2D eigenvalue weighted by Gasteiger charge is 2.43. The number of aliphatic hydroxyl groups is 4. The lowest BCUT2D eigenvalue weighted by atomic mass is 10.0. The Labute approximate surface area is 99.4 Å². The first-order chi connectivity index (χ1) is 7.61. The monoisotopic (exact) mass is 252 g/mol. The first-order valence-corrected chi connectivity index (χ1v) is 6.58. The molecule has 1 rings (SSSR count). The molecule has 0 aromatic heterocycles. The maximum Gasteiger partial charge on any atom is 0.132 e. The third-order valence-electron chi connectivity index (χ3n) is 2.63. The van der Waals surface area contributed by atoms with Gasteiger partial charge in [-0.1, -0.05) is 13.3 Å². The molecule has 0 amide bonds. The van der Waals surface area contributed by atoms with E-state index in [1.807, 2.05) is 0 Å². The minimum absolute atomic E-state index is 0.365. The third-order valence-corrected chi connectivity index (χ3v) is 3.87. The quantitative estimate of drug-likeness (QED) is 0.485. The fraction of sp³-hybridized carbons (Fsp3) is 1.00. The van der Waals surface area contributed by atoms with Crippen molar-refractivity contribution in [2.24, 2.45) is 0 Å². The zero-order valence-corrected chi connectivity index (χ0v) is 10.1. The number of aliphatic hydroxyl groups excluding tert-OH is 4. The van der Waals surface area contributed by atoms with Gasteiger partial charge in [-0.2, -0.15) is 0 Å². The van der Waals surface area contributed by atoms with E-state index in [4.69, 9.17) is 9.84 Å². The molecule has 5 atom stereocenters. The van der Waals surface area contributed by atoms with Crippen LogP contribution < -0.4 is 0 Å². The lowest BCUT2D eigenvalue weighted by molar-refractivity contribution is -0.205. The lowest BCUT2D eigenvalue weighted by Gasteiger charge is -2.39. The summed E-state index contributed by atoms with van der Waals surface area (Å²) in [7, 11) is 0. The summed E-state index contributed by atoms with van der Waals surface area (Å²) in [5.41, 5.74) is -0.581. The second-order valence-electron chi connectivity index (χ2n) is 3.92. The molecule has 96 valence electrons. The van der Waals surface area contributed by atoms with Gasteiger partial charge in [0.2, 0.25) is 0 Å². The molecule has 4 N–H and O–H groups in total. The summed E-state index contributed by atoms with van der Waals surface area (Å²) in [6.45, 7) is 1.70. The van der Waals surface area contributed by atoms with Gasteiger partial charge in [-0.15, -0.1) is 11.8 Å². The number of rotatable bonds is 5. The highest BCUT2D eigenvalue weighted by atomic mass is 32.2. The minimum Gasteiger partial charge on any atom is -0.394 e. The zero-order valence-electron chi connectivity index (χ0n) is 9.32. The van der Waals surface area contributed by atoms with Crippen molar-refractivity contribution in [3.05, 3.63) is 0 Å². The van der Waals surface area contributed by atoms with Gasteiger partial charge in [0, 0.05) is 0 Å². The second kappa shape index (κ2) is 6.78. The van der Waals surface area contributed by atoms with Gasteiger partial charge in [-0.3, -0.25) is 0 Å². The molecule has 0 aromatic carbocycles. The molecule has 0 bridgehead atoms. The Morgan fingerprint density at radius 2 is 1.81 bits per heavy atom. The van der Waals surface area contributed by atoms with Crippen LogP contribution >= 0.6 is 11.8 Å². The van der Waals surface area contributed by atoms with Crippen LogP contribution in [0.3, 0.4) is 0 Å². The van der Waals surface area contributed by atoms with E-state index in [-0.39, 0.29) is 6.61 Å². The predicted octanol–water partition coefficient (Wildman–Crippen LogP) is -0.680. The fourth-order valence-corrected chi connectivity index (χ4v) is 2.82. The fourth-order valence-electron chi connectivity index (χ4n) is 1.55. The molecule has 0 aliphatic carbocycles. The van der Waals surface area contributed by atoms with Crippen molar-refractivity contribution in [1.82, 2.24) is 0 Å². The predicted molar refractivity (Wildman–Crippen MR) is 61.1 cm³/mol. The van der Waals surface area contributed by atoms with Crippen LogP contribution in [0.15, 0.2) is 0 Å². The summed E-state index contributed by atoms with van der Waals surface area (Å²) in [5.74, 6) is 0.819. The molecule has 1 aliphatic heterocycles. The van der Waals surface area contributed by atoms with Crippen molar-refractivity contribution in [3.63, 3.8) is 0 Å². The SMILES string of the molecule is CCCCSC1OC(CO)C(O)C(O)C1O. The van der Waals surface area contributed by atoms with Gasteiger partial charge in [0.25, 0.3) is 0 Å². The number of thioether (sulfide) groups is 1. The molecule has 16 heavy (non-hydrogen) atoms. The van der Waals surface area contributed by atoms with E-state index >= 15 is 0 Å². The van der Waals surface area contributed by atoms with Crippen LogP contribution in [0.4, 0.5) is 0 Å². The molecule has 1 heterocycles. The molecule has 0 aromatic rings. The third kappa shape index (κ3) is 3.32. The van der Waals surface area contributed by atoms with Gasteiger partial charge in [0.1, 0.15) is 29.9 Å². The van der Waals surface area contributed by atoms with E-state index < -0.39 is 29.9 Å². The van der Waals surface area contributed by atoms with Crippen molar-refractivity contribution in [1.29, 1.82) is 0 Å². The Morgan fingerprint density at radius 3 is 2.38 bits per heavy atom. The van der Waals surface area contributed by atoms with E-state index in [0.717, 1.165) is 18.6 Å². The van der Waals surface area contributed by atoms with Crippen molar-refractivity contribution in [2.75, 3.05) is 12.4 Å². The zero-order chi connectivity index (χ0) is 12.1. The van der Waals surface area contributed by atoms with Gasteiger partial charge in [-0.05, 0) is 12.2 Å². The molecular weight excluding hydrogens is 232 g/mol. The van der Waals surface area contributed by atoms with Gasteiger partial charge in [0.15, 0.2) is 0 Å². The summed E-state index contributed by atoms with van der Waals surface area (Å²) in [4.78, 5) is 0. The summed E-state index contributed by atoms with van der Waals surface area (Å²) < 4.78 is 5.33. The lowest BCUT2D eigenvalue weighted by Crippen LogP contribution is -2.57. The van der Waals surface area contributed by atoms with Crippen LogP contribution in [0.2, 0.25) is 0 Å². The van der Waals surface area contributed by atoms with Crippen LogP contribution in [0.25, 0.3) is 0 Å². The second-order valence-corrected chi connectivity index (χ2v) is 5.13. The minimum atomic E-state index is -1.26. The molecule has 6 heteroatoms. The van der Waals surface area contributed by atoms with Crippen LogP contribution in [-0.4, -0.2) is 62.6 Å². The van der Waals surface area contributed by atoms with Gasteiger partial charge in [0.05, 0.1) is 6.61 Å². The maximum atomic E-state index is 9.68. The number of hydrogen-bond donors (Lipinski definition) is 4. The number of hydrogen-bond acceptors (Lipinski definition) is 6. The van der Waals surface area contributed by atoms with Gasteiger partial charge in [-0.25, -0.2) is 0 Å². The Hall–Kier alpha value is 0.150. The van der Waals surface area contributed by atoms with Crippen molar-refractivity contribution >= 4 is 11.8 Å². The topological polar surface area (TPSA) is 90.2 Å². The van der Waals surface area contributed by atoms with E-state index in [1.165, 1.54) is 11.8 Å². The molecule has 1 fully saturated rings. The molecule has 0 radical (unpaired) electrons. The molecule has 0 saturated carbocycles. The van der Waals surface area contributed by atoms with Crippen LogP contribution in [-0.2, 0) is 4.74 Å². The molecule has 1 saturated heterocycles. The Morgan fingerprint density at radius 1 is 1.12 bits per heavy atom. The maximum absolute atomic E-state index is 9.68. The van der Waals surface area contributed by atoms with Gasteiger partial charge < -0.3 is 25.2 Å². The molecule has 1 aliphatic rings.